The van der Waals surface area contributed by atoms with Gasteiger partial charge in [-0.05, 0) is 33.2 Å². The number of nitrogens with one attached hydrogen (secondary N) is 1. The molecule has 1 radical (unpaired) electrons. The molecule has 0 bridgehead atoms. The standard InChI is InChI=1S/C14H28N4O2.C2H4NO.Y/c1-6-12(13(19)16-4)18(5)14(20)10(2)8-7-9-17-11(3)15;1-3-2-4;/h10,12H,6-9H2,1-5H3,(H3,15,16,17,19);1H3,(H,3,4);/q;-1;/p-1/t10-,12-;;/m0../s1. The Labute approximate surface area is 176 Å². The summed E-state index contributed by atoms with van der Waals surface area (Å²) in [7, 11) is 4.63. The maximum absolute atomic E-state index is 12.3. The minimum absolute atomic E-state index is 0. The summed E-state index contributed by atoms with van der Waals surface area (Å²) in [6, 6.07) is -0.459. The zero-order valence-electron chi connectivity index (χ0n) is 16.2. The number of hydrogen-bond acceptors (Lipinski definition) is 4. The smallest absolute Gasteiger partial charge is 0.225 e. The van der Waals surface area contributed by atoms with E-state index in [0.29, 0.717) is 18.8 Å². The van der Waals surface area contributed by atoms with Crippen LogP contribution >= 0.6 is 0 Å². The number of amidine groups is 1. The Bertz CT molecular complexity index is 415. The van der Waals surface area contributed by atoms with Crippen LogP contribution < -0.4 is 11.1 Å². The fourth-order valence-electron chi connectivity index (χ4n) is 2.04. The number of carbonyl (C=O) groups is 2. The predicted molar refractivity (Wildman–Crippen MR) is 96.5 cm³/mol. The van der Waals surface area contributed by atoms with Gasteiger partial charge in [0, 0.05) is 52.2 Å². The molecule has 0 saturated heterocycles. The van der Waals surface area contributed by atoms with Gasteiger partial charge in [-0.25, -0.2) is 0 Å². The summed E-state index contributed by atoms with van der Waals surface area (Å²) < 4.78 is 0. The number of carbonyl (C=O) groups excluding carboxylic acids is 3. The Morgan fingerprint density at radius 3 is 2.28 bits per heavy atom. The molecule has 0 aliphatic carbocycles. The second-order valence-electron chi connectivity index (χ2n) is 5.35. The first kappa shape index (κ1) is 28.8. The minimum Gasteiger partial charge on any atom is -0.654 e. The maximum Gasteiger partial charge on any atom is 0.225 e. The average Bonchev–Trinajstić information content (AvgIpc) is 2.57. The van der Waals surface area contributed by atoms with Gasteiger partial charge in [-0.3, -0.25) is 9.79 Å². The zero-order valence-corrected chi connectivity index (χ0v) is 19.0. The zero-order chi connectivity index (χ0) is 19.1. The number of likely N-dealkylation sites (N-methyl/N-ethyl adjacent to an activating group) is 2. The normalized spacial score (nSPS) is 12.5. The Morgan fingerprint density at radius 2 is 1.92 bits per heavy atom. The van der Waals surface area contributed by atoms with Crippen LogP contribution in [0.2, 0.25) is 0 Å². The molecule has 0 heterocycles. The summed E-state index contributed by atoms with van der Waals surface area (Å²) in [6.45, 7) is 6.12. The van der Waals surface area contributed by atoms with E-state index in [1.807, 2.05) is 13.8 Å². The quantitative estimate of drug-likeness (QED) is 0.185. The Kier molecular flexibility index (Phi) is 20.5. The Hall–Kier alpha value is -1.02. The van der Waals surface area contributed by atoms with Crippen molar-refractivity contribution in [1.82, 2.24) is 10.2 Å². The molecular weight excluding hydrogens is 399 g/mol. The van der Waals surface area contributed by atoms with Crippen LogP contribution in [0.15, 0.2) is 4.99 Å². The van der Waals surface area contributed by atoms with Crippen molar-refractivity contribution in [2.24, 2.45) is 16.6 Å². The van der Waals surface area contributed by atoms with E-state index < -0.39 is 6.04 Å². The fraction of sp³-hybridized carbons (Fsp3) is 0.750. The van der Waals surface area contributed by atoms with E-state index in [4.69, 9.17) is 10.5 Å². The van der Waals surface area contributed by atoms with E-state index in [2.05, 4.69) is 15.6 Å². The van der Waals surface area contributed by atoms with Gasteiger partial charge in [0.2, 0.25) is 5.91 Å². The molecule has 3 N–H and O–H groups in total. The first-order valence-electron chi connectivity index (χ1n) is 7.97. The SMILES string of the molecule is CC[C@@H](C(=O)[N-]C)N(C)C(=O)[C@@H](C)CCCN=C(C)N.CN[C-]=O.[Y]. The molecule has 0 aromatic rings. The summed E-state index contributed by atoms with van der Waals surface area (Å²) in [4.78, 5) is 38.5. The summed E-state index contributed by atoms with van der Waals surface area (Å²) in [5.41, 5.74) is 5.45. The third-order valence-electron chi connectivity index (χ3n) is 3.39. The van der Waals surface area contributed by atoms with Crippen LogP contribution in [-0.2, 0) is 47.1 Å². The Balaban J connectivity index is -0.000000867. The van der Waals surface area contributed by atoms with Gasteiger partial charge >= 0.3 is 0 Å². The molecule has 3 amide bonds. The van der Waals surface area contributed by atoms with Crippen molar-refractivity contribution in [3.05, 3.63) is 5.32 Å². The molecule has 9 heteroatoms. The third kappa shape index (κ3) is 13.9. The average molecular weight is 430 g/mol. The van der Waals surface area contributed by atoms with Crippen molar-refractivity contribution in [2.75, 3.05) is 27.7 Å². The van der Waals surface area contributed by atoms with Crippen LogP contribution in [0, 0.1) is 5.92 Å². The van der Waals surface area contributed by atoms with Gasteiger partial charge in [0.1, 0.15) is 0 Å². The van der Waals surface area contributed by atoms with E-state index in [9.17, 15) is 9.59 Å². The van der Waals surface area contributed by atoms with Crippen LogP contribution in [0.25, 0.3) is 5.32 Å². The van der Waals surface area contributed by atoms with E-state index in [-0.39, 0.29) is 50.4 Å². The predicted octanol–water partition coefficient (Wildman–Crippen LogP) is 0.817. The number of amides is 3. The van der Waals surface area contributed by atoms with Crippen molar-refractivity contribution >= 4 is 24.1 Å². The monoisotopic (exact) mass is 430 g/mol. The molecular formula is C16H31N5O3Y-2. The number of aliphatic imine (C=N–C) groups is 1. The van der Waals surface area contributed by atoms with Crippen molar-refractivity contribution in [1.29, 1.82) is 0 Å². The van der Waals surface area contributed by atoms with Crippen molar-refractivity contribution in [3.8, 4) is 0 Å². The van der Waals surface area contributed by atoms with Gasteiger partial charge in [0.05, 0.1) is 17.8 Å². The largest absolute Gasteiger partial charge is 0.654 e. The molecule has 0 saturated carbocycles. The molecule has 0 aromatic carbocycles. The second kappa shape index (κ2) is 17.8. The van der Waals surface area contributed by atoms with Crippen LogP contribution in [-0.4, -0.2) is 62.7 Å². The van der Waals surface area contributed by atoms with Crippen LogP contribution in [0.1, 0.15) is 40.0 Å². The fourth-order valence-corrected chi connectivity index (χ4v) is 2.04. The summed E-state index contributed by atoms with van der Waals surface area (Å²) in [5, 5.41) is 5.78. The molecule has 0 spiro atoms. The third-order valence-corrected chi connectivity index (χ3v) is 3.39. The molecule has 0 rings (SSSR count). The van der Waals surface area contributed by atoms with Gasteiger partial charge in [-0.1, -0.05) is 13.8 Å². The van der Waals surface area contributed by atoms with Crippen molar-refractivity contribution in [3.63, 3.8) is 0 Å². The molecule has 143 valence electrons. The van der Waals surface area contributed by atoms with E-state index in [1.165, 1.54) is 25.4 Å². The van der Waals surface area contributed by atoms with E-state index in [1.54, 1.807) is 14.0 Å². The summed E-state index contributed by atoms with van der Waals surface area (Å²) in [5.74, 6) is 0.149. The summed E-state index contributed by atoms with van der Waals surface area (Å²) >= 11 is 0. The van der Waals surface area contributed by atoms with Crippen molar-refractivity contribution < 1.29 is 47.1 Å². The summed E-state index contributed by atoms with van der Waals surface area (Å²) in [6.07, 6.45) is 3.54. The molecule has 0 fully saturated rings. The molecule has 0 aliphatic heterocycles. The van der Waals surface area contributed by atoms with Gasteiger partial charge in [-0.2, -0.15) is 6.41 Å². The van der Waals surface area contributed by atoms with Crippen LogP contribution in [0.3, 0.4) is 0 Å². The molecule has 0 unspecified atom stereocenters. The van der Waals surface area contributed by atoms with E-state index in [0.717, 1.165) is 12.8 Å². The van der Waals surface area contributed by atoms with Crippen molar-refractivity contribution in [2.45, 2.75) is 46.1 Å². The molecule has 2 atom stereocenters. The van der Waals surface area contributed by atoms with Crippen LogP contribution in [0.5, 0.6) is 0 Å². The van der Waals surface area contributed by atoms with E-state index >= 15 is 0 Å². The first-order valence-corrected chi connectivity index (χ1v) is 7.97. The molecule has 0 aliphatic rings. The molecule has 25 heavy (non-hydrogen) atoms. The topological polar surface area (TPSA) is 119 Å². The van der Waals surface area contributed by atoms with Crippen LogP contribution in [0.4, 0.5) is 0 Å². The number of nitrogens with two attached hydrogens (primary N) is 1. The minimum atomic E-state index is -0.459. The second-order valence-corrected chi connectivity index (χ2v) is 5.35. The number of hydrogen-bond donors (Lipinski definition) is 2. The molecule has 8 nitrogen and oxygen atoms in total. The maximum atomic E-state index is 12.3. The Morgan fingerprint density at radius 1 is 1.40 bits per heavy atom. The number of nitrogens with zero attached hydrogens (tertiary/aromatic N) is 3. The van der Waals surface area contributed by atoms with Gasteiger partial charge in [-0.15, -0.1) is 7.05 Å². The van der Waals surface area contributed by atoms with Gasteiger partial charge < -0.3 is 30.9 Å². The van der Waals surface area contributed by atoms with Gasteiger partial charge in [0.25, 0.3) is 0 Å². The first-order chi connectivity index (χ1) is 11.3. The molecule has 0 aromatic heterocycles. The van der Waals surface area contributed by atoms with Gasteiger partial charge in [0.15, 0.2) is 0 Å². The number of rotatable bonds is 9.